The molecule has 2 radical (unpaired) electrons. The fraction of sp³-hybridized carbons (Fsp3) is 0. The highest BCUT2D eigenvalue weighted by Crippen LogP contribution is 2.10. The first-order valence-electron chi connectivity index (χ1n) is 3.63. The summed E-state index contributed by atoms with van der Waals surface area (Å²) in [6.07, 6.45) is 3.47. The van der Waals surface area contributed by atoms with Gasteiger partial charge in [-0.3, -0.25) is 4.79 Å². The summed E-state index contributed by atoms with van der Waals surface area (Å²) < 4.78 is 1.40. The third-order valence-corrected chi connectivity index (χ3v) is 1.82. The van der Waals surface area contributed by atoms with Crippen molar-refractivity contribution in [3.8, 4) is 5.75 Å². The first-order valence-corrected chi connectivity index (χ1v) is 3.63. The third-order valence-electron chi connectivity index (χ3n) is 1.82. The Morgan fingerprint density at radius 3 is 3.08 bits per heavy atom. The summed E-state index contributed by atoms with van der Waals surface area (Å²) in [6, 6.07) is 1.51. The summed E-state index contributed by atoms with van der Waals surface area (Å²) in [5.74, 6) is -0.0481. The minimum Gasteiger partial charge on any atom is -0.507 e. The molecule has 62 valence electrons. The highest BCUT2D eigenvalue weighted by Gasteiger charge is 2.04. The van der Waals surface area contributed by atoms with Crippen molar-refractivity contribution in [1.82, 2.24) is 9.61 Å². The van der Waals surface area contributed by atoms with E-state index in [-0.39, 0.29) is 11.2 Å². The van der Waals surface area contributed by atoms with Gasteiger partial charge in [-0.15, -0.1) is 0 Å². The minimum atomic E-state index is -0.0481. The van der Waals surface area contributed by atoms with Crippen LogP contribution >= 0.6 is 0 Å². The number of hydrogen-bond donors (Lipinski definition) is 1. The van der Waals surface area contributed by atoms with Crippen molar-refractivity contribution in [3.63, 3.8) is 0 Å². The molecule has 0 amide bonds. The molecular weight excluding hydrogens is 167 g/mol. The number of aromatic nitrogens is 2. The van der Waals surface area contributed by atoms with E-state index in [2.05, 4.69) is 5.10 Å². The lowest BCUT2D eigenvalue weighted by Crippen LogP contribution is -2.05. The standard InChI is InChI=1S/C8H5BN2O2/c9-6-1-7-5(4-12)2-10-11(7)3-8(6)13/h1-4,13H. The number of fused-ring (bicyclic) bond motifs is 1. The molecule has 0 aliphatic rings. The molecule has 0 bridgehead atoms. The molecule has 1 N–H and O–H groups in total. The van der Waals surface area contributed by atoms with Crippen molar-refractivity contribution in [2.45, 2.75) is 0 Å². The van der Waals surface area contributed by atoms with E-state index in [1.807, 2.05) is 0 Å². The molecular formula is C8H5BN2O2. The van der Waals surface area contributed by atoms with Gasteiger partial charge in [0.25, 0.3) is 0 Å². The summed E-state index contributed by atoms with van der Waals surface area (Å²) in [6.45, 7) is 0. The third kappa shape index (κ3) is 1.09. The zero-order chi connectivity index (χ0) is 9.42. The lowest BCUT2D eigenvalue weighted by atomic mass is 9.96. The van der Waals surface area contributed by atoms with Crippen molar-refractivity contribution in [1.29, 1.82) is 0 Å². The zero-order valence-corrected chi connectivity index (χ0v) is 6.64. The Labute approximate surface area is 75.2 Å². The molecule has 2 aromatic heterocycles. The molecule has 0 atom stereocenters. The molecule has 0 saturated carbocycles. The van der Waals surface area contributed by atoms with Gasteiger partial charge in [-0.1, -0.05) is 5.46 Å². The lowest BCUT2D eigenvalue weighted by molar-refractivity contribution is 0.112. The molecule has 0 fully saturated rings. The van der Waals surface area contributed by atoms with Gasteiger partial charge in [0.1, 0.15) is 13.6 Å². The van der Waals surface area contributed by atoms with Gasteiger partial charge in [-0.05, 0) is 6.07 Å². The van der Waals surface area contributed by atoms with Crippen molar-refractivity contribution >= 4 is 25.1 Å². The van der Waals surface area contributed by atoms with Crippen LogP contribution in [-0.4, -0.2) is 28.9 Å². The molecule has 0 saturated heterocycles. The average molecular weight is 172 g/mol. The first kappa shape index (κ1) is 7.85. The highest BCUT2D eigenvalue weighted by atomic mass is 16.3. The van der Waals surface area contributed by atoms with E-state index in [1.54, 1.807) is 0 Å². The molecule has 0 aliphatic carbocycles. The van der Waals surface area contributed by atoms with Crippen LogP contribution in [0.3, 0.4) is 0 Å². The Morgan fingerprint density at radius 2 is 2.38 bits per heavy atom. The van der Waals surface area contributed by atoms with Crippen molar-refractivity contribution < 1.29 is 9.90 Å². The summed E-state index contributed by atoms with van der Waals surface area (Å²) in [5, 5.41) is 13.1. The number of carbonyl (C=O) groups excluding carboxylic acids is 1. The number of carbonyl (C=O) groups is 1. The predicted molar refractivity (Wildman–Crippen MR) is 47.6 cm³/mol. The molecule has 2 heterocycles. The molecule has 2 aromatic rings. The number of nitrogens with zero attached hydrogens (tertiary/aromatic N) is 2. The minimum absolute atomic E-state index is 0.0481. The van der Waals surface area contributed by atoms with E-state index >= 15 is 0 Å². The first-order chi connectivity index (χ1) is 6.22. The topological polar surface area (TPSA) is 54.6 Å². The summed E-state index contributed by atoms with van der Waals surface area (Å²) in [7, 11) is 5.46. The van der Waals surface area contributed by atoms with Crippen molar-refractivity contribution in [2.75, 3.05) is 0 Å². The van der Waals surface area contributed by atoms with Gasteiger partial charge in [0.2, 0.25) is 0 Å². The number of aromatic hydroxyl groups is 1. The van der Waals surface area contributed by atoms with Crippen LogP contribution in [0, 0.1) is 0 Å². The Balaban J connectivity index is 2.84. The maximum Gasteiger partial charge on any atom is 0.153 e. The second kappa shape index (κ2) is 2.62. The highest BCUT2D eigenvalue weighted by molar-refractivity contribution is 6.34. The molecule has 13 heavy (non-hydrogen) atoms. The van der Waals surface area contributed by atoms with E-state index in [1.165, 1.54) is 23.0 Å². The zero-order valence-electron chi connectivity index (χ0n) is 6.64. The Morgan fingerprint density at radius 1 is 1.62 bits per heavy atom. The fourth-order valence-electron chi connectivity index (χ4n) is 1.14. The quantitative estimate of drug-likeness (QED) is 0.472. The Bertz CT molecular complexity index is 478. The van der Waals surface area contributed by atoms with E-state index in [9.17, 15) is 9.90 Å². The number of aldehydes is 1. The van der Waals surface area contributed by atoms with Gasteiger partial charge in [-0.25, -0.2) is 4.52 Å². The van der Waals surface area contributed by atoms with Crippen molar-refractivity contribution in [2.24, 2.45) is 0 Å². The molecule has 0 aromatic carbocycles. The smallest absolute Gasteiger partial charge is 0.153 e. The monoisotopic (exact) mass is 172 g/mol. The van der Waals surface area contributed by atoms with E-state index in [0.717, 1.165) is 0 Å². The molecule has 0 unspecified atom stereocenters. The van der Waals surface area contributed by atoms with E-state index < -0.39 is 0 Å². The van der Waals surface area contributed by atoms with Gasteiger partial charge in [0.05, 0.1) is 23.5 Å². The maximum atomic E-state index is 10.5. The number of rotatable bonds is 1. The van der Waals surface area contributed by atoms with Crippen LogP contribution in [0.25, 0.3) is 5.52 Å². The van der Waals surface area contributed by atoms with Crippen LogP contribution < -0.4 is 5.46 Å². The molecule has 0 aliphatic heterocycles. The van der Waals surface area contributed by atoms with Crippen LogP contribution in [0.5, 0.6) is 5.75 Å². The summed E-state index contributed by atoms with van der Waals surface area (Å²) in [5.41, 5.74) is 1.27. The van der Waals surface area contributed by atoms with Gasteiger partial charge in [0, 0.05) is 0 Å². The van der Waals surface area contributed by atoms with Crippen LogP contribution in [0.1, 0.15) is 10.4 Å². The summed E-state index contributed by atoms with van der Waals surface area (Å²) in [4.78, 5) is 10.5. The second-order valence-corrected chi connectivity index (χ2v) is 2.66. The Hall–Kier alpha value is -1.78. The van der Waals surface area contributed by atoms with Gasteiger partial charge >= 0.3 is 0 Å². The second-order valence-electron chi connectivity index (χ2n) is 2.66. The van der Waals surface area contributed by atoms with Gasteiger partial charge < -0.3 is 5.11 Å². The molecule has 0 spiro atoms. The van der Waals surface area contributed by atoms with Crippen molar-refractivity contribution in [3.05, 3.63) is 24.0 Å². The maximum absolute atomic E-state index is 10.5. The fourth-order valence-corrected chi connectivity index (χ4v) is 1.14. The lowest BCUT2D eigenvalue weighted by Gasteiger charge is -1.99. The van der Waals surface area contributed by atoms with Crippen LogP contribution in [0.2, 0.25) is 0 Å². The Kier molecular flexibility index (Phi) is 1.58. The average Bonchev–Trinajstić information content (AvgIpc) is 2.48. The van der Waals surface area contributed by atoms with Gasteiger partial charge in [-0.2, -0.15) is 5.10 Å². The molecule has 5 heteroatoms. The number of hydrogen-bond acceptors (Lipinski definition) is 3. The van der Waals surface area contributed by atoms with Gasteiger partial charge in [0.15, 0.2) is 6.29 Å². The number of pyridine rings is 1. The van der Waals surface area contributed by atoms with Crippen LogP contribution in [0.4, 0.5) is 0 Å². The molecule has 4 nitrogen and oxygen atoms in total. The van der Waals surface area contributed by atoms with Crippen LogP contribution in [-0.2, 0) is 0 Å². The van der Waals surface area contributed by atoms with E-state index in [4.69, 9.17) is 7.85 Å². The van der Waals surface area contributed by atoms with Crippen LogP contribution in [0.15, 0.2) is 18.5 Å². The predicted octanol–water partition coefficient (Wildman–Crippen LogP) is -0.354. The van der Waals surface area contributed by atoms with E-state index in [0.29, 0.717) is 17.4 Å². The summed E-state index contributed by atoms with van der Waals surface area (Å²) >= 11 is 0. The normalized spacial score (nSPS) is 10.5. The SMILES string of the molecule is [B]c1cc2c(C=O)cnn2cc1O. The largest absolute Gasteiger partial charge is 0.507 e. The molecule has 2 rings (SSSR count).